The molecule has 0 atom stereocenters. The topological polar surface area (TPSA) is 63.2 Å². The summed E-state index contributed by atoms with van der Waals surface area (Å²) in [4.78, 5) is 12.2. The molecule has 0 saturated carbocycles. The predicted octanol–water partition coefficient (Wildman–Crippen LogP) is 3.78. The number of hydrogen-bond acceptors (Lipinski definition) is 3. The van der Waals surface area contributed by atoms with E-state index in [4.69, 9.17) is 11.6 Å². The Morgan fingerprint density at radius 1 is 1.18 bits per heavy atom. The van der Waals surface area contributed by atoms with Crippen molar-refractivity contribution in [2.75, 3.05) is 0 Å². The van der Waals surface area contributed by atoms with E-state index in [1.165, 1.54) is 30.3 Å². The average molecular weight is 403 g/mol. The number of aryl methyl sites for hydroxylation is 1. The number of hydrogen-bond donors (Lipinski definition) is 1. The number of sulfonamides is 1. The lowest BCUT2D eigenvalue weighted by molar-refractivity contribution is 0.0980. The Labute approximate surface area is 142 Å². The lowest BCUT2D eigenvalue weighted by Gasteiger charge is -2.09. The summed E-state index contributed by atoms with van der Waals surface area (Å²) in [5.41, 5.74) is 1.21. The van der Waals surface area contributed by atoms with Crippen molar-refractivity contribution < 1.29 is 13.2 Å². The second kappa shape index (κ2) is 6.81. The van der Waals surface area contributed by atoms with Gasteiger partial charge in [-0.25, -0.2) is 13.1 Å². The SMILES string of the molecule is CCc1ccc(S(=O)(=O)NC(=O)c2ccc(Cl)cc2Br)cc1. The van der Waals surface area contributed by atoms with Crippen molar-refractivity contribution in [1.29, 1.82) is 0 Å². The first-order valence-electron chi connectivity index (χ1n) is 6.44. The first kappa shape index (κ1) is 17.0. The molecule has 0 saturated heterocycles. The molecule has 0 aliphatic carbocycles. The number of rotatable bonds is 4. The molecular formula is C15H13BrClNO3S. The summed E-state index contributed by atoms with van der Waals surface area (Å²) in [5.74, 6) is -0.719. The van der Waals surface area contributed by atoms with Crippen LogP contribution in [-0.2, 0) is 16.4 Å². The van der Waals surface area contributed by atoms with Gasteiger partial charge >= 0.3 is 0 Å². The lowest BCUT2D eigenvalue weighted by atomic mass is 10.2. The molecule has 0 radical (unpaired) electrons. The summed E-state index contributed by atoms with van der Waals surface area (Å²) in [7, 11) is -3.91. The van der Waals surface area contributed by atoms with Crippen molar-refractivity contribution in [1.82, 2.24) is 4.72 Å². The predicted molar refractivity (Wildman–Crippen MR) is 89.6 cm³/mol. The van der Waals surface area contributed by atoms with Gasteiger partial charge in [0.25, 0.3) is 15.9 Å². The lowest BCUT2D eigenvalue weighted by Crippen LogP contribution is -2.30. The smallest absolute Gasteiger partial charge is 0.266 e. The third-order valence-electron chi connectivity index (χ3n) is 3.04. The summed E-state index contributed by atoms with van der Waals surface area (Å²) in [6, 6.07) is 10.9. The van der Waals surface area contributed by atoms with E-state index in [2.05, 4.69) is 15.9 Å². The zero-order chi connectivity index (χ0) is 16.3. The number of nitrogens with one attached hydrogen (secondary N) is 1. The highest BCUT2D eigenvalue weighted by Crippen LogP contribution is 2.22. The van der Waals surface area contributed by atoms with Crippen molar-refractivity contribution in [3.05, 3.63) is 63.1 Å². The molecule has 116 valence electrons. The summed E-state index contributed by atoms with van der Waals surface area (Å²) in [5, 5.41) is 0.446. The van der Waals surface area contributed by atoms with Crippen LogP contribution in [-0.4, -0.2) is 14.3 Å². The minimum Gasteiger partial charge on any atom is -0.268 e. The van der Waals surface area contributed by atoms with Crippen LogP contribution < -0.4 is 4.72 Å². The van der Waals surface area contributed by atoms with Gasteiger partial charge in [0.15, 0.2) is 0 Å². The first-order valence-corrected chi connectivity index (χ1v) is 9.10. The molecule has 0 spiro atoms. The molecule has 0 aliphatic heterocycles. The van der Waals surface area contributed by atoms with Crippen LogP contribution in [0, 0.1) is 0 Å². The Kier molecular flexibility index (Phi) is 5.26. The highest BCUT2D eigenvalue weighted by molar-refractivity contribution is 9.10. The highest BCUT2D eigenvalue weighted by atomic mass is 79.9. The molecule has 1 amide bonds. The van der Waals surface area contributed by atoms with E-state index in [1.54, 1.807) is 12.1 Å². The molecule has 0 fully saturated rings. The van der Waals surface area contributed by atoms with Crippen molar-refractivity contribution in [2.24, 2.45) is 0 Å². The molecule has 2 aromatic rings. The monoisotopic (exact) mass is 401 g/mol. The Bertz CT molecular complexity index is 804. The summed E-state index contributed by atoms with van der Waals surface area (Å²) < 4.78 is 26.9. The Morgan fingerprint density at radius 3 is 2.36 bits per heavy atom. The molecule has 4 nitrogen and oxygen atoms in total. The van der Waals surface area contributed by atoms with E-state index in [9.17, 15) is 13.2 Å². The number of carbonyl (C=O) groups excluding carboxylic acids is 1. The summed E-state index contributed by atoms with van der Waals surface area (Å²) in [6.45, 7) is 1.98. The number of amides is 1. The summed E-state index contributed by atoms with van der Waals surface area (Å²) >= 11 is 8.99. The molecule has 2 aromatic carbocycles. The number of halogens is 2. The fourth-order valence-electron chi connectivity index (χ4n) is 1.81. The molecule has 0 unspecified atom stereocenters. The molecule has 0 aliphatic rings. The van der Waals surface area contributed by atoms with E-state index >= 15 is 0 Å². The number of benzene rings is 2. The fourth-order valence-corrected chi connectivity index (χ4v) is 3.64. The third kappa shape index (κ3) is 3.88. The van der Waals surface area contributed by atoms with Crippen LogP contribution >= 0.6 is 27.5 Å². The zero-order valence-electron chi connectivity index (χ0n) is 11.6. The Morgan fingerprint density at radius 2 is 1.82 bits per heavy atom. The van der Waals surface area contributed by atoms with Crippen LogP contribution in [0.4, 0.5) is 0 Å². The van der Waals surface area contributed by atoms with E-state index in [1.807, 2.05) is 11.6 Å². The van der Waals surface area contributed by atoms with Gasteiger partial charge < -0.3 is 0 Å². The molecule has 22 heavy (non-hydrogen) atoms. The molecule has 0 bridgehead atoms. The average Bonchev–Trinajstić information content (AvgIpc) is 2.46. The van der Waals surface area contributed by atoms with Crippen LogP contribution in [0.3, 0.4) is 0 Å². The van der Waals surface area contributed by atoms with Gasteiger partial charge in [0.2, 0.25) is 0 Å². The van der Waals surface area contributed by atoms with Crippen LogP contribution in [0.2, 0.25) is 5.02 Å². The number of carbonyl (C=O) groups is 1. The van der Waals surface area contributed by atoms with Crippen molar-refractivity contribution >= 4 is 43.5 Å². The molecule has 1 N–H and O–H groups in total. The molecule has 0 heterocycles. The van der Waals surface area contributed by atoms with Crippen molar-refractivity contribution in [3.8, 4) is 0 Å². The van der Waals surface area contributed by atoms with Gasteiger partial charge in [0.1, 0.15) is 0 Å². The van der Waals surface area contributed by atoms with Gasteiger partial charge in [0.05, 0.1) is 10.5 Å². The zero-order valence-corrected chi connectivity index (χ0v) is 14.8. The van der Waals surface area contributed by atoms with Gasteiger partial charge in [-0.3, -0.25) is 4.79 Å². The van der Waals surface area contributed by atoms with Gasteiger partial charge in [0, 0.05) is 9.50 Å². The first-order chi connectivity index (χ1) is 10.3. The maximum Gasteiger partial charge on any atom is 0.266 e. The largest absolute Gasteiger partial charge is 0.268 e. The van der Waals surface area contributed by atoms with E-state index in [-0.39, 0.29) is 10.5 Å². The van der Waals surface area contributed by atoms with Crippen LogP contribution in [0.25, 0.3) is 0 Å². The standard InChI is InChI=1S/C15H13BrClNO3S/c1-2-10-3-6-12(7-4-10)22(20,21)18-15(19)13-8-5-11(17)9-14(13)16/h3-9H,2H2,1H3,(H,18,19). The minimum absolute atomic E-state index is 0.0446. The van der Waals surface area contributed by atoms with Gasteiger partial charge in [-0.05, 0) is 58.2 Å². The van der Waals surface area contributed by atoms with Gasteiger partial charge in [-0.1, -0.05) is 30.7 Å². The van der Waals surface area contributed by atoms with Crippen molar-refractivity contribution in [3.63, 3.8) is 0 Å². The third-order valence-corrected chi connectivity index (χ3v) is 5.28. The quantitative estimate of drug-likeness (QED) is 0.846. The van der Waals surface area contributed by atoms with E-state index < -0.39 is 15.9 Å². The highest BCUT2D eigenvalue weighted by Gasteiger charge is 2.20. The molecular weight excluding hydrogens is 390 g/mol. The van der Waals surface area contributed by atoms with Gasteiger partial charge in [-0.2, -0.15) is 0 Å². The second-order valence-corrected chi connectivity index (χ2v) is 7.53. The van der Waals surface area contributed by atoms with Crippen LogP contribution in [0.15, 0.2) is 51.8 Å². The van der Waals surface area contributed by atoms with E-state index in [0.29, 0.717) is 9.50 Å². The Hall–Kier alpha value is -1.37. The second-order valence-electron chi connectivity index (χ2n) is 4.56. The fraction of sp³-hybridized carbons (Fsp3) is 0.133. The van der Waals surface area contributed by atoms with Gasteiger partial charge in [-0.15, -0.1) is 0 Å². The maximum absolute atomic E-state index is 12.2. The molecule has 0 aromatic heterocycles. The van der Waals surface area contributed by atoms with Crippen LogP contribution in [0.5, 0.6) is 0 Å². The Balaban J connectivity index is 2.25. The minimum atomic E-state index is -3.91. The normalized spacial score (nSPS) is 11.2. The van der Waals surface area contributed by atoms with Crippen molar-refractivity contribution in [2.45, 2.75) is 18.2 Å². The molecule has 2 rings (SSSR count). The van der Waals surface area contributed by atoms with E-state index in [0.717, 1.165) is 12.0 Å². The summed E-state index contributed by atoms with van der Waals surface area (Å²) in [6.07, 6.45) is 0.810. The maximum atomic E-state index is 12.2. The van der Waals surface area contributed by atoms with Crippen LogP contribution in [0.1, 0.15) is 22.8 Å². The molecule has 7 heteroatoms.